The van der Waals surface area contributed by atoms with Crippen LogP contribution in [0, 0.1) is 0 Å². The highest BCUT2D eigenvalue weighted by Gasteiger charge is 2.29. The van der Waals surface area contributed by atoms with E-state index in [0.717, 1.165) is 38.4 Å². The van der Waals surface area contributed by atoms with Gasteiger partial charge in [-0.05, 0) is 6.07 Å². The Kier molecular flexibility index (Phi) is 6.91. The smallest absolute Gasteiger partial charge is 0.422 e. The molecule has 0 amide bonds. The van der Waals surface area contributed by atoms with Gasteiger partial charge in [0.2, 0.25) is 5.88 Å². The molecule has 1 N–H and O–H groups in total. The average molecular weight is 412 g/mol. The monoisotopic (exact) mass is 412 g/mol. The maximum Gasteiger partial charge on any atom is 0.422 e. The fraction of sp³-hybridized carbons (Fsp3) is 0.500. The summed E-state index contributed by atoms with van der Waals surface area (Å²) in [5, 5.41) is 7.11. The molecule has 158 valence electrons. The normalized spacial score (nSPS) is 16.1. The lowest BCUT2D eigenvalue weighted by molar-refractivity contribution is -0.154. The number of pyridine rings is 1. The van der Waals surface area contributed by atoms with Gasteiger partial charge in [-0.1, -0.05) is 11.2 Å². The Bertz CT molecular complexity index is 789. The van der Waals surface area contributed by atoms with E-state index in [1.807, 2.05) is 6.07 Å². The molecule has 1 aliphatic rings. The molecule has 0 atom stereocenters. The first-order chi connectivity index (χ1) is 13.9. The first kappa shape index (κ1) is 20.9. The minimum Gasteiger partial charge on any atom is -0.468 e. The molecule has 3 rings (SSSR count). The third-order valence-electron chi connectivity index (χ3n) is 4.42. The number of hydrogen-bond acceptors (Lipinski definition) is 6. The van der Waals surface area contributed by atoms with Crippen LogP contribution in [0.5, 0.6) is 5.88 Å². The van der Waals surface area contributed by atoms with Gasteiger partial charge >= 0.3 is 6.18 Å². The maximum absolute atomic E-state index is 12.4. The average Bonchev–Trinajstić information content (AvgIpc) is 3.21. The van der Waals surface area contributed by atoms with Gasteiger partial charge in [0.15, 0.2) is 12.6 Å². The van der Waals surface area contributed by atoms with Crippen LogP contribution in [0.25, 0.3) is 0 Å². The number of aliphatic imine (C=N–C) groups is 1. The van der Waals surface area contributed by atoms with Crippen molar-refractivity contribution in [3.8, 4) is 5.88 Å². The molecule has 0 bridgehead atoms. The highest BCUT2D eigenvalue weighted by molar-refractivity contribution is 5.80. The minimum atomic E-state index is -4.41. The first-order valence-electron chi connectivity index (χ1n) is 9.15. The number of rotatable bonds is 6. The summed E-state index contributed by atoms with van der Waals surface area (Å²) in [6.45, 7) is 2.81. The van der Waals surface area contributed by atoms with E-state index in [4.69, 9.17) is 9.26 Å². The lowest BCUT2D eigenvalue weighted by Gasteiger charge is -2.36. The zero-order valence-corrected chi connectivity index (χ0v) is 16.0. The van der Waals surface area contributed by atoms with Crippen LogP contribution in [-0.2, 0) is 13.1 Å². The highest BCUT2D eigenvalue weighted by atomic mass is 19.4. The Hall–Kier alpha value is -2.82. The lowest BCUT2D eigenvalue weighted by atomic mass is 10.2. The summed E-state index contributed by atoms with van der Waals surface area (Å²) in [4.78, 5) is 12.6. The molecule has 1 saturated heterocycles. The van der Waals surface area contributed by atoms with Crippen molar-refractivity contribution in [3.05, 3.63) is 41.9 Å². The van der Waals surface area contributed by atoms with Crippen molar-refractivity contribution < 1.29 is 22.4 Å². The second-order valence-corrected chi connectivity index (χ2v) is 6.53. The predicted octanol–water partition coefficient (Wildman–Crippen LogP) is 1.90. The Morgan fingerprint density at radius 2 is 2.07 bits per heavy atom. The fourth-order valence-corrected chi connectivity index (χ4v) is 3.01. The summed E-state index contributed by atoms with van der Waals surface area (Å²) in [5.74, 6) is 0.641. The van der Waals surface area contributed by atoms with Crippen LogP contribution in [0.3, 0.4) is 0 Å². The van der Waals surface area contributed by atoms with Crippen molar-refractivity contribution in [2.75, 3.05) is 39.8 Å². The maximum atomic E-state index is 12.4. The van der Waals surface area contributed by atoms with E-state index in [0.29, 0.717) is 11.5 Å². The molecule has 11 heteroatoms. The number of ether oxygens (including phenoxy) is 1. The number of aromatic nitrogens is 2. The number of nitrogens with one attached hydrogen (secondary N) is 1. The molecule has 29 heavy (non-hydrogen) atoms. The SMILES string of the molecule is CN=C(NCc1cccnc1OCC(F)(F)F)N1CCN(Cc2ccon2)CC1. The zero-order chi connectivity index (χ0) is 20.7. The van der Waals surface area contributed by atoms with Crippen molar-refractivity contribution in [1.82, 2.24) is 25.3 Å². The van der Waals surface area contributed by atoms with E-state index in [1.54, 1.807) is 25.4 Å². The van der Waals surface area contributed by atoms with E-state index in [2.05, 4.69) is 30.2 Å². The van der Waals surface area contributed by atoms with Gasteiger partial charge in [-0.2, -0.15) is 13.2 Å². The first-order valence-corrected chi connectivity index (χ1v) is 9.15. The van der Waals surface area contributed by atoms with Gasteiger partial charge < -0.3 is 19.5 Å². The zero-order valence-electron chi connectivity index (χ0n) is 16.0. The van der Waals surface area contributed by atoms with Crippen LogP contribution in [0.15, 0.2) is 40.2 Å². The quantitative estimate of drug-likeness (QED) is 0.574. The van der Waals surface area contributed by atoms with Crippen LogP contribution in [0.4, 0.5) is 13.2 Å². The number of alkyl halides is 3. The number of hydrogen-bond donors (Lipinski definition) is 1. The van der Waals surface area contributed by atoms with E-state index < -0.39 is 12.8 Å². The molecular weight excluding hydrogens is 389 g/mol. The van der Waals surface area contributed by atoms with Gasteiger partial charge in [0.05, 0.1) is 5.69 Å². The van der Waals surface area contributed by atoms with Gasteiger partial charge in [0, 0.05) is 64.1 Å². The van der Waals surface area contributed by atoms with Crippen LogP contribution in [-0.4, -0.2) is 71.9 Å². The van der Waals surface area contributed by atoms with Crippen molar-refractivity contribution in [1.29, 1.82) is 0 Å². The number of guanidine groups is 1. The van der Waals surface area contributed by atoms with Crippen LogP contribution in [0.1, 0.15) is 11.3 Å². The summed E-state index contributed by atoms with van der Waals surface area (Å²) in [5.41, 5.74) is 1.42. The molecule has 3 heterocycles. The van der Waals surface area contributed by atoms with Gasteiger partial charge in [0.1, 0.15) is 6.26 Å². The van der Waals surface area contributed by atoms with Crippen LogP contribution < -0.4 is 10.1 Å². The summed E-state index contributed by atoms with van der Waals surface area (Å²) in [6, 6.07) is 5.18. The van der Waals surface area contributed by atoms with E-state index >= 15 is 0 Å². The minimum absolute atomic E-state index is 0.0368. The van der Waals surface area contributed by atoms with Crippen molar-refractivity contribution in [2.45, 2.75) is 19.3 Å². The molecule has 1 fully saturated rings. The molecule has 8 nitrogen and oxygen atoms in total. The summed E-state index contributed by atoms with van der Waals surface area (Å²) < 4.78 is 47.0. The molecule has 0 saturated carbocycles. The summed E-state index contributed by atoms with van der Waals surface area (Å²) >= 11 is 0. The summed E-state index contributed by atoms with van der Waals surface area (Å²) in [6.07, 6.45) is -1.45. The predicted molar refractivity (Wildman–Crippen MR) is 99.3 cm³/mol. The molecule has 0 radical (unpaired) electrons. The van der Waals surface area contributed by atoms with Crippen LogP contribution >= 0.6 is 0 Å². The van der Waals surface area contributed by atoms with E-state index in [1.165, 1.54) is 6.20 Å². The number of halogens is 3. The molecule has 2 aromatic rings. The second-order valence-electron chi connectivity index (χ2n) is 6.53. The summed E-state index contributed by atoms with van der Waals surface area (Å²) in [7, 11) is 1.68. The Morgan fingerprint density at radius 1 is 1.28 bits per heavy atom. The standard InChI is InChI=1S/C18H23F3N6O2/c1-22-17(27-8-6-26(7-9-27)12-15-4-10-29-25-15)24-11-14-3-2-5-23-16(14)28-13-18(19,20)21/h2-5,10H,6-9,11-13H2,1H3,(H,22,24). The highest BCUT2D eigenvalue weighted by Crippen LogP contribution is 2.20. The molecule has 0 aromatic carbocycles. The fourth-order valence-electron chi connectivity index (χ4n) is 3.01. The molecule has 0 spiro atoms. The Labute approximate surface area is 166 Å². The Morgan fingerprint density at radius 3 is 2.72 bits per heavy atom. The molecule has 1 aliphatic heterocycles. The molecule has 0 aliphatic carbocycles. The topological polar surface area (TPSA) is 79.0 Å². The van der Waals surface area contributed by atoms with Gasteiger partial charge in [-0.3, -0.25) is 9.89 Å². The van der Waals surface area contributed by atoms with Gasteiger partial charge in [-0.15, -0.1) is 0 Å². The Balaban J connectivity index is 1.51. The van der Waals surface area contributed by atoms with E-state index in [-0.39, 0.29) is 12.4 Å². The van der Waals surface area contributed by atoms with Crippen LogP contribution in [0.2, 0.25) is 0 Å². The van der Waals surface area contributed by atoms with E-state index in [9.17, 15) is 13.2 Å². The van der Waals surface area contributed by atoms with Gasteiger partial charge in [-0.25, -0.2) is 4.98 Å². The van der Waals surface area contributed by atoms with Gasteiger partial charge in [0.25, 0.3) is 0 Å². The molecule has 0 unspecified atom stereocenters. The third kappa shape index (κ3) is 6.34. The second kappa shape index (κ2) is 9.59. The van der Waals surface area contributed by atoms with Crippen molar-refractivity contribution >= 4 is 5.96 Å². The van der Waals surface area contributed by atoms with Crippen molar-refractivity contribution in [2.24, 2.45) is 4.99 Å². The lowest BCUT2D eigenvalue weighted by Crippen LogP contribution is -2.52. The number of piperazine rings is 1. The largest absolute Gasteiger partial charge is 0.468 e. The van der Waals surface area contributed by atoms with Crippen molar-refractivity contribution in [3.63, 3.8) is 0 Å². The third-order valence-corrected chi connectivity index (χ3v) is 4.42. The molecule has 2 aromatic heterocycles. The molecular formula is C18H23F3N6O2. The number of nitrogens with zero attached hydrogens (tertiary/aromatic N) is 5.